The van der Waals surface area contributed by atoms with Gasteiger partial charge in [0.25, 0.3) is 5.56 Å². The molecule has 0 N–H and O–H groups in total. The first kappa shape index (κ1) is 15.6. The third kappa shape index (κ3) is 2.59. The minimum absolute atomic E-state index is 0.0390. The zero-order chi connectivity index (χ0) is 17.5. The second-order valence-electron chi connectivity index (χ2n) is 7.33. The number of benzene rings is 1. The molecule has 1 aliphatic heterocycles. The van der Waals surface area contributed by atoms with Crippen molar-refractivity contribution in [1.29, 1.82) is 0 Å². The van der Waals surface area contributed by atoms with E-state index >= 15 is 0 Å². The third-order valence-corrected chi connectivity index (χ3v) is 5.72. The molecule has 3 heterocycles. The average Bonchev–Trinajstić information content (AvgIpc) is 3.30. The summed E-state index contributed by atoms with van der Waals surface area (Å²) in [4.78, 5) is 19.4. The summed E-state index contributed by atoms with van der Waals surface area (Å²) >= 11 is 0. The van der Waals surface area contributed by atoms with E-state index in [2.05, 4.69) is 39.2 Å². The number of hydrogen-bond acceptors (Lipinski definition) is 4. The lowest BCUT2D eigenvalue weighted by Crippen LogP contribution is -2.37. The van der Waals surface area contributed by atoms with Gasteiger partial charge in [-0.05, 0) is 49.8 Å². The zero-order valence-electron chi connectivity index (χ0n) is 14.8. The molecule has 1 unspecified atom stereocenters. The molecule has 1 saturated heterocycles. The Morgan fingerprint density at radius 3 is 3.00 bits per heavy atom. The van der Waals surface area contributed by atoms with Crippen LogP contribution in [0, 0.1) is 0 Å². The standard InChI is InChI=1S/C21H22N4O/c26-21-13-15-5-3-9-18(15)23-25(21)14-16-6-4-12-24(16)20-10-11-22-19-8-2-1-7-17(19)20/h1-2,7-8,10-11,13,16H,3-6,9,12,14H2. The number of nitrogens with zero attached hydrogens (tertiary/aromatic N) is 4. The molecule has 1 atom stereocenters. The minimum Gasteiger partial charge on any atom is -0.366 e. The normalized spacial score (nSPS) is 19.2. The van der Waals surface area contributed by atoms with Crippen LogP contribution in [0.3, 0.4) is 0 Å². The van der Waals surface area contributed by atoms with Crippen LogP contribution in [0.4, 0.5) is 5.69 Å². The van der Waals surface area contributed by atoms with Crippen LogP contribution in [-0.2, 0) is 19.4 Å². The fourth-order valence-corrected chi connectivity index (χ4v) is 4.44. The summed E-state index contributed by atoms with van der Waals surface area (Å²) in [7, 11) is 0. The molecule has 0 radical (unpaired) electrons. The van der Waals surface area contributed by atoms with Crippen molar-refractivity contribution in [3.05, 3.63) is 64.2 Å². The molecule has 0 amide bonds. The molecule has 0 spiro atoms. The Hall–Kier alpha value is -2.69. The van der Waals surface area contributed by atoms with Crippen LogP contribution in [-0.4, -0.2) is 27.4 Å². The van der Waals surface area contributed by atoms with Gasteiger partial charge in [-0.25, -0.2) is 4.68 Å². The van der Waals surface area contributed by atoms with E-state index in [1.54, 1.807) is 10.7 Å². The number of hydrogen-bond donors (Lipinski definition) is 0. The number of fused-ring (bicyclic) bond motifs is 2. The van der Waals surface area contributed by atoms with Crippen molar-refractivity contribution in [2.45, 2.75) is 44.7 Å². The van der Waals surface area contributed by atoms with E-state index in [9.17, 15) is 4.79 Å². The molecule has 132 valence electrons. The van der Waals surface area contributed by atoms with E-state index in [0.29, 0.717) is 12.6 Å². The lowest BCUT2D eigenvalue weighted by Gasteiger charge is -2.28. The average molecular weight is 346 g/mol. The van der Waals surface area contributed by atoms with Gasteiger partial charge in [-0.1, -0.05) is 18.2 Å². The first-order chi connectivity index (χ1) is 12.8. The van der Waals surface area contributed by atoms with Gasteiger partial charge in [-0.2, -0.15) is 5.10 Å². The van der Waals surface area contributed by atoms with Crippen LogP contribution in [0.5, 0.6) is 0 Å². The van der Waals surface area contributed by atoms with Crippen molar-refractivity contribution in [1.82, 2.24) is 14.8 Å². The summed E-state index contributed by atoms with van der Waals surface area (Å²) in [5, 5.41) is 5.85. The molecule has 1 aliphatic carbocycles. The highest BCUT2D eigenvalue weighted by molar-refractivity contribution is 5.91. The van der Waals surface area contributed by atoms with E-state index in [0.717, 1.165) is 55.4 Å². The highest BCUT2D eigenvalue weighted by atomic mass is 16.1. The summed E-state index contributed by atoms with van der Waals surface area (Å²) in [6.07, 6.45) is 7.22. The maximum atomic E-state index is 12.5. The summed E-state index contributed by atoms with van der Waals surface area (Å²) < 4.78 is 1.69. The molecular weight excluding hydrogens is 324 g/mol. The van der Waals surface area contributed by atoms with Crippen molar-refractivity contribution >= 4 is 16.6 Å². The largest absolute Gasteiger partial charge is 0.366 e. The molecule has 0 saturated carbocycles. The van der Waals surface area contributed by atoms with Crippen molar-refractivity contribution in [3.8, 4) is 0 Å². The number of anilines is 1. The number of para-hydroxylation sites is 1. The predicted molar refractivity (Wildman–Crippen MR) is 103 cm³/mol. The predicted octanol–water partition coefficient (Wildman–Crippen LogP) is 2.95. The summed E-state index contributed by atoms with van der Waals surface area (Å²) in [6, 6.07) is 12.5. The van der Waals surface area contributed by atoms with Gasteiger partial charge in [-0.15, -0.1) is 0 Å². The molecular formula is C21H22N4O. The maximum Gasteiger partial charge on any atom is 0.267 e. The molecule has 2 aliphatic rings. The highest BCUT2D eigenvalue weighted by Crippen LogP contribution is 2.31. The van der Waals surface area contributed by atoms with Crippen molar-refractivity contribution in [3.63, 3.8) is 0 Å². The molecule has 5 heteroatoms. The smallest absolute Gasteiger partial charge is 0.267 e. The van der Waals surface area contributed by atoms with E-state index < -0.39 is 0 Å². The summed E-state index contributed by atoms with van der Waals surface area (Å²) in [5.74, 6) is 0. The van der Waals surface area contributed by atoms with Gasteiger partial charge in [0.15, 0.2) is 0 Å². The Morgan fingerprint density at radius 1 is 1.12 bits per heavy atom. The van der Waals surface area contributed by atoms with Crippen LogP contribution >= 0.6 is 0 Å². The highest BCUT2D eigenvalue weighted by Gasteiger charge is 2.27. The molecule has 5 rings (SSSR count). The van der Waals surface area contributed by atoms with Crippen LogP contribution in [0.25, 0.3) is 10.9 Å². The van der Waals surface area contributed by atoms with Gasteiger partial charge in [-0.3, -0.25) is 9.78 Å². The second-order valence-corrected chi connectivity index (χ2v) is 7.33. The molecule has 3 aromatic rings. The van der Waals surface area contributed by atoms with Gasteiger partial charge in [0.2, 0.25) is 0 Å². The Kier molecular flexibility index (Phi) is 3.73. The van der Waals surface area contributed by atoms with Gasteiger partial charge in [0.1, 0.15) is 0 Å². The summed E-state index contributed by atoms with van der Waals surface area (Å²) in [5.41, 5.74) is 4.53. The lowest BCUT2D eigenvalue weighted by molar-refractivity contribution is 0.483. The molecule has 5 nitrogen and oxygen atoms in total. The monoisotopic (exact) mass is 346 g/mol. The molecule has 2 aromatic heterocycles. The van der Waals surface area contributed by atoms with E-state index in [1.165, 1.54) is 11.1 Å². The fourth-order valence-electron chi connectivity index (χ4n) is 4.44. The maximum absolute atomic E-state index is 12.5. The summed E-state index contributed by atoms with van der Waals surface area (Å²) in [6.45, 7) is 1.67. The first-order valence-electron chi connectivity index (χ1n) is 9.50. The van der Waals surface area contributed by atoms with Crippen molar-refractivity contribution in [2.24, 2.45) is 0 Å². The Morgan fingerprint density at radius 2 is 2.04 bits per heavy atom. The second kappa shape index (κ2) is 6.24. The lowest BCUT2D eigenvalue weighted by atomic mass is 10.1. The van der Waals surface area contributed by atoms with E-state index in [-0.39, 0.29) is 5.56 Å². The van der Waals surface area contributed by atoms with Crippen LogP contribution in [0.2, 0.25) is 0 Å². The number of aryl methyl sites for hydroxylation is 2. The van der Waals surface area contributed by atoms with Gasteiger partial charge in [0.05, 0.1) is 17.8 Å². The van der Waals surface area contributed by atoms with Gasteiger partial charge < -0.3 is 4.90 Å². The van der Waals surface area contributed by atoms with E-state index in [1.807, 2.05) is 12.3 Å². The van der Waals surface area contributed by atoms with Crippen LogP contribution < -0.4 is 10.5 Å². The minimum atomic E-state index is 0.0390. The van der Waals surface area contributed by atoms with Crippen LogP contribution in [0.1, 0.15) is 30.5 Å². The van der Waals surface area contributed by atoms with Gasteiger partial charge in [0, 0.05) is 35.9 Å². The van der Waals surface area contributed by atoms with Crippen LogP contribution in [0.15, 0.2) is 47.4 Å². The SMILES string of the molecule is O=c1cc2c(nn1CC1CCCN1c1ccnc3ccccc13)CCC2. The molecule has 26 heavy (non-hydrogen) atoms. The topological polar surface area (TPSA) is 51.0 Å². The molecule has 1 aromatic carbocycles. The van der Waals surface area contributed by atoms with Crippen molar-refractivity contribution < 1.29 is 0 Å². The molecule has 0 bridgehead atoms. The number of aromatic nitrogens is 3. The number of pyridine rings is 1. The zero-order valence-corrected chi connectivity index (χ0v) is 14.8. The van der Waals surface area contributed by atoms with E-state index in [4.69, 9.17) is 0 Å². The fraction of sp³-hybridized carbons (Fsp3) is 0.381. The van der Waals surface area contributed by atoms with Gasteiger partial charge >= 0.3 is 0 Å². The number of rotatable bonds is 3. The Labute approximate surface area is 152 Å². The van der Waals surface area contributed by atoms with Crippen molar-refractivity contribution in [2.75, 3.05) is 11.4 Å². The first-order valence-corrected chi connectivity index (χ1v) is 9.50. The Bertz CT molecular complexity index is 1020. The molecule has 1 fully saturated rings. The Balaban J connectivity index is 1.49. The quantitative estimate of drug-likeness (QED) is 0.732. The third-order valence-electron chi connectivity index (χ3n) is 5.72.